The van der Waals surface area contributed by atoms with Crippen molar-refractivity contribution in [2.24, 2.45) is 0 Å². The van der Waals surface area contributed by atoms with E-state index in [-0.39, 0.29) is 5.91 Å². The summed E-state index contributed by atoms with van der Waals surface area (Å²) in [6, 6.07) is 20.4. The van der Waals surface area contributed by atoms with E-state index in [1.54, 1.807) is 24.3 Å². The number of aryl methyl sites for hydroxylation is 1. The van der Waals surface area contributed by atoms with Crippen molar-refractivity contribution in [2.75, 3.05) is 5.32 Å². The Morgan fingerprint density at radius 3 is 2.42 bits per heavy atom. The average molecular weight is 372 g/mol. The number of hydrogen-bond acceptors (Lipinski definition) is 2. The summed E-state index contributed by atoms with van der Waals surface area (Å²) < 4.78 is 24.6. The van der Waals surface area contributed by atoms with E-state index in [1.807, 2.05) is 42.5 Å². The quantitative estimate of drug-likeness (QED) is 0.533. The molecule has 3 aromatic rings. The Hall–Kier alpha value is -2.60. The second kappa shape index (κ2) is 8.67. The minimum atomic E-state index is -2.45. The number of hydrogen-bond donors (Lipinski definition) is 2. The number of anilines is 1. The molecular weight excluding hydrogens is 354 g/mol. The van der Waals surface area contributed by atoms with Gasteiger partial charge in [0.05, 0.1) is 0 Å². The highest BCUT2D eigenvalue weighted by molar-refractivity contribution is 7.99. The maximum atomic E-state index is 12.3. The lowest BCUT2D eigenvalue weighted by Crippen LogP contribution is -2.12. The van der Waals surface area contributed by atoms with Crippen molar-refractivity contribution in [3.8, 4) is 11.3 Å². The molecule has 0 bridgehead atoms. The molecule has 0 saturated heterocycles. The van der Waals surface area contributed by atoms with Crippen molar-refractivity contribution in [3.63, 3.8) is 0 Å². The SMILES string of the molecule is O=C(CCc1ccc(-c2ccccc2)[nH]1)Nc1ccc(SC(F)F)cc1. The first-order valence-electron chi connectivity index (χ1n) is 8.18. The van der Waals surface area contributed by atoms with Crippen LogP contribution in [0.4, 0.5) is 14.5 Å². The molecule has 0 aliphatic heterocycles. The summed E-state index contributed by atoms with van der Waals surface area (Å²) in [6.45, 7) is 0. The zero-order valence-electron chi connectivity index (χ0n) is 13.9. The van der Waals surface area contributed by atoms with Crippen LogP contribution in [0.5, 0.6) is 0 Å². The van der Waals surface area contributed by atoms with E-state index in [4.69, 9.17) is 0 Å². The molecule has 6 heteroatoms. The van der Waals surface area contributed by atoms with Gasteiger partial charge in [0.25, 0.3) is 5.76 Å². The Bertz CT molecular complexity index is 848. The molecule has 0 unspecified atom stereocenters. The minimum absolute atomic E-state index is 0.116. The molecule has 1 aromatic heterocycles. The Balaban J connectivity index is 1.50. The number of H-pyrrole nitrogens is 1. The fourth-order valence-corrected chi connectivity index (χ4v) is 3.06. The molecule has 26 heavy (non-hydrogen) atoms. The fourth-order valence-electron chi connectivity index (χ4n) is 2.56. The molecular formula is C20H18F2N2OS. The largest absolute Gasteiger partial charge is 0.358 e. The lowest BCUT2D eigenvalue weighted by Gasteiger charge is -2.06. The van der Waals surface area contributed by atoms with Gasteiger partial charge in [-0.25, -0.2) is 0 Å². The van der Waals surface area contributed by atoms with Crippen molar-refractivity contribution < 1.29 is 13.6 Å². The van der Waals surface area contributed by atoms with Crippen LogP contribution in [0.15, 0.2) is 71.6 Å². The van der Waals surface area contributed by atoms with Gasteiger partial charge in [0.1, 0.15) is 0 Å². The smallest absolute Gasteiger partial charge is 0.288 e. The lowest BCUT2D eigenvalue weighted by molar-refractivity contribution is -0.116. The predicted molar refractivity (Wildman–Crippen MR) is 101 cm³/mol. The van der Waals surface area contributed by atoms with E-state index >= 15 is 0 Å². The second-order valence-electron chi connectivity index (χ2n) is 5.71. The van der Waals surface area contributed by atoms with Gasteiger partial charge in [0, 0.05) is 28.4 Å². The first-order valence-corrected chi connectivity index (χ1v) is 9.06. The first-order chi connectivity index (χ1) is 12.6. The second-order valence-corrected chi connectivity index (χ2v) is 6.78. The number of aromatic amines is 1. The Morgan fingerprint density at radius 1 is 1.00 bits per heavy atom. The number of thioether (sulfide) groups is 1. The molecule has 0 spiro atoms. The highest BCUT2D eigenvalue weighted by Crippen LogP contribution is 2.26. The van der Waals surface area contributed by atoms with Crippen LogP contribution in [0, 0.1) is 0 Å². The van der Waals surface area contributed by atoms with Crippen molar-refractivity contribution in [3.05, 3.63) is 72.4 Å². The van der Waals surface area contributed by atoms with E-state index in [9.17, 15) is 13.6 Å². The highest BCUT2D eigenvalue weighted by atomic mass is 32.2. The molecule has 134 valence electrons. The Morgan fingerprint density at radius 2 is 1.73 bits per heavy atom. The molecule has 2 N–H and O–H groups in total. The zero-order chi connectivity index (χ0) is 18.4. The summed E-state index contributed by atoms with van der Waals surface area (Å²) in [5, 5.41) is 2.78. The summed E-state index contributed by atoms with van der Waals surface area (Å²) >= 11 is 0.484. The van der Waals surface area contributed by atoms with E-state index in [0.717, 1.165) is 17.0 Å². The number of alkyl halides is 2. The van der Waals surface area contributed by atoms with Gasteiger partial charge in [-0.05, 0) is 48.4 Å². The van der Waals surface area contributed by atoms with Gasteiger partial charge in [0.15, 0.2) is 0 Å². The van der Waals surface area contributed by atoms with Crippen LogP contribution < -0.4 is 5.32 Å². The monoisotopic (exact) mass is 372 g/mol. The van der Waals surface area contributed by atoms with Crippen LogP contribution in [-0.2, 0) is 11.2 Å². The normalized spacial score (nSPS) is 10.9. The summed E-state index contributed by atoms with van der Waals surface area (Å²) in [4.78, 5) is 15.9. The molecule has 1 amide bonds. The van der Waals surface area contributed by atoms with Crippen LogP contribution >= 0.6 is 11.8 Å². The molecule has 0 fully saturated rings. The standard InChI is InChI=1S/C20H18F2N2OS/c21-20(22)26-17-10-6-16(7-11-17)24-19(25)13-9-15-8-12-18(23-15)14-4-2-1-3-5-14/h1-8,10-12,20,23H,9,13H2,(H,24,25). The van der Waals surface area contributed by atoms with Crippen molar-refractivity contribution in [1.29, 1.82) is 0 Å². The number of carbonyl (C=O) groups is 1. The predicted octanol–water partition coefficient (Wildman–Crippen LogP) is 5.57. The molecule has 0 saturated carbocycles. The van der Waals surface area contributed by atoms with E-state index in [0.29, 0.717) is 35.2 Å². The van der Waals surface area contributed by atoms with Crippen molar-refractivity contribution in [2.45, 2.75) is 23.5 Å². The molecule has 0 radical (unpaired) electrons. The molecule has 1 heterocycles. The number of amides is 1. The van der Waals surface area contributed by atoms with Gasteiger partial charge in [-0.2, -0.15) is 8.78 Å². The lowest BCUT2D eigenvalue weighted by atomic mass is 10.2. The third-order valence-electron chi connectivity index (χ3n) is 3.82. The van der Waals surface area contributed by atoms with Crippen LogP contribution in [0.1, 0.15) is 12.1 Å². The van der Waals surface area contributed by atoms with Crippen LogP contribution in [-0.4, -0.2) is 16.6 Å². The van der Waals surface area contributed by atoms with Crippen LogP contribution in [0.3, 0.4) is 0 Å². The molecule has 2 aromatic carbocycles. The number of halogens is 2. The van der Waals surface area contributed by atoms with E-state index < -0.39 is 5.76 Å². The highest BCUT2D eigenvalue weighted by Gasteiger charge is 2.08. The molecule has 3 nitrogen and oxygen atoms in total. The molecule has 0 aliphatic carbocycles. The van der Waals surface area contributed by atoms with E-state index in [1.165, 1.54) is 0 Å². The number of benzene rings is 2. The van der Waals surface area contributed by atoms with Crippen LogP contribution in [0.2, 0.25) is 0 Å². The van der Waals surface area contributed by atoms with Gasteiger partial charge < -0.3 is 10.3 Å². The maximum absolute atomic E-state index is 12.3. The van der Waals surface area contributed by atoms with Crippen molar-refractivity contribution in [1.82, 2.24) is 4.98 Å². The fraction of sp³-hybridized carbons (Fsp3) is 0.150. The number of rotatable bonds is 7. The van der Waals surface area contributed by atoms with Crippen molar-refractivity contribution >= 4 is 23.4 Å². The number of aromatic nitrogens is 1. The van der Waals surface area contributed by atoms with Crippen LogP contribution in [0.25, 0.3) is 11.3 Å². The number of nitrogens with one attached hydrogen (secondary N) is 2. The topological polar surface area (TPSA) is 44.9 Å². The molecule has 3 rings (SSSR count). The van der Waals surface area contributed by atoms with Gasteiger partial charge >= 0.3 is 0 Å². The van der Waals surface area contributed by atoms with Gasteiger partial charge in [-0.15, -0.1) is 0 Å². The summed E-state index contributed by atoms with van der Waals surface area (Å²) in [6.07, 6.45) is 0.931. The number of carbonyl (C=O) groups excluding carboxylic acids is 1. The summed E-state index contributed by atoms with van der Waals surface area (Å²) in [5.41, 5.74) is 3.71. The summed E-state index contributed by atoms with van der Waals surface area (Å²) in [5.74, 6) is -2.56. The molecule has 0 aliphatic rings. The van der Waals surface area contributed by atoms with Gasteiger partial charge in [-0.3, -0.25) is 4.79 Å². The van der Waals surface area contributed by atoms with Gasteiger partial charge in [-0.1, -0.05) is 42.1 Å². The Labute approximate surface area is 154 Å². The third-order valence-corrected chi connectivity index (χ3v) is 4.54. The molecule has 0 atom stereocenters. The minimum Gasteiger partial charge on any atom is -0.358 e. The average Bonchev–Trinajstić information content (AvgIpc) is 3.11. The zero-order valence-corrected chi connectivity index (χ0v) is 14.7. The first kappa shape index (κ1) is 18.2. The maximum Gasteiger partial charge on any atom is 0.288 e. The third kappa shape index (κ3) is 5.20. The summed E-state index contributed by atoms with van der Waals surface area (Å²) in [7, 11) is 0. The van der Waals surface area contributed by atoms with E-state index in [2.05, 4.69) is 10.3 Å². The Kier molecular flexibility index (Phi) is 6.07. The van der Waals surface area contributed by atoms with Gasteiger partial charge in [0.2, 0.25) is 5.91 Å².